The van der Waals surface area contributed by atoms with Crippen molar-refractivity contribution in [1.29, 1.82) is 0 Å². The predicted octanol–water partition coefficient (Wildman–Crippen LogP) is 2.18. The molecule has 1 aliphatic heterocycles. The molecule has 0 spiro atoms. The summed E-state index contributed by atoms with van der Waals surface area (Å²) in [7, 11) is 4.43. The summed E-state index contributed by atoms with van der Waals surface area (Å²) in [6, 6.07) is 1.50. The Hall–Kier alpha value is -0.120. The van der Waals surface area contributed by atoms with Gasteiger partial charge in [-0.1, -0.05) is 13.8 Å². The fraction of sp³-hybridized carbons (Fsp3) is 1.00. The first-order chi connectivity index (χ1) is 8.67. The number of hydrogen-bond donors (Lipinski definition) is 1. The summed E-state index contributed by atoms with van der Waals surface area (Å²) in [5, 5.41) is 3.57. The van der Waals surface area contributed by atoms with Gasteiger partial charge >= 0.3 is 0 Å². The maximum Gasteiger partial charge on any atom is 0.0217 e. The SMILES string of the molecule is CCNC(CC)CCCN1CCCC(N(C)C)C1. The number of nitrogens with zero attached hydrogens (tertiary/aromatic N) is 2. The Morgan fingerprint density at radius 3 is 2.72 bits per heavy atom. The van der Waals surface area contributed by atoms with Gasteiger partial charge in [-0.05, 0) is 65.8 Å². The average Bonchev–Trinajstić information content (AvgIpc) is 2.38. The minimum Gasteiger partial charge on any atom is -0.314 e. The highest BCUT2D eigenvalue weighted by Crippen LogP contribution is 2.14. The molecule has 0 bridgehead atoms. The summed E-state index contributed by atoms with van der Waals surface area (Å²) in [6.07, 6.45) is 6.67. The van der Waals surface area contributed by atoms with E-state index in [1.54, 1.807) is 0 Å². The van der Waals surface area contributed by atoms with Crippen molar-refractivity contribution in [3.05, 3.63) is 0 Å². The number of likely N-dealkylation sites (N-methyl/N-ethyl adjacent to an activating group) is 1. The van der Waals surface area contributed by atoms with Gasteiger partial charge in [-0.15, -0.1) is 0 Å². The summed E-state index contributed by atoms with van der Waals surface area (Å²) in [6.45, 7) is 9.45. The molecule has 0 amide bonds. The first-order valence-electron chi connectivity index (χ1n) is 7.79. The van der Waals surface area contributed by atoms with Crippen molar-refractivity contribution in [2.45, 2.75) is 58.0 Å². The molecular weight excluding hydrogens is 222 g/mol. The molecule has 0 radical (unpaired) electrons. The van der Waals surface area contributed by atoms with Crippen LogP contribution in [0.25, 0.3) is 0 Å². The van der Waals surface area contributed by atoms with Gasteiger partial charge in [0.25, 0.3) is 0 Å². The molecule has 0 aliphatic carbocycles. The molecule has 2 atom stereocenters. The molecule has 1 aliphatic rings. The lowest BCUT2D eigenvalue weighted by atomic mass is 10.0. The second kappa shape index (κ2) is 8.89. The van der Waals surface area contributed by atoms with Gasteiger partial charge in [-0.25, -0.2) is 0 Å². The zero-order valence-electron chi connectivity index (χ0n) is 12.9. The number of rotatable bonds is 8. The Morgan fingerprint density at radius 1 is 1.33 bits per heavy atom. The smallest absolute Gasteiger partial charge is 0.0217 e. The third-order valence-corrected chi connectivity index (χ3v) is 4.22. The van der Waals surface area contributed by atoms with Crippen molar-refractivity contribution in [3.63, 3.8) is 0 Å². The minimum atomic E-state index is 0.726. The number of hydrogen-bond acceptors (Lipinski definition) is 3. The molecule has 1 fully saturated rings. The van der Waals surface area contributed by atoms with Crippen LogP contribution in [-0.4, -0.2) is 62.2 Å². The molecule has 1 N–H and O–H groups in total. The van der Waals surface area contributed by atoms with Crippen molar-refractivity contribution in [3.8, 4) is 0 Å². The van der Waals surface area contributed by atoms with E-state index in [1.807, 2.05) is 0 Å². The summed E-state index contributed by atoms with van der Waals surface area (Å²) < 4.78 is 0. The van der Waals surface area contributed by atoms with Crippen LogP contribution in [0.15, 0.2) is 0 Å². The van der Waals surface area contributed by atoms with Crippen LogP contribution in [0, 0.1) is 0 Å². The third kappa shape index (κ3) is 5.68. The fourth-order valence-corrected chi connectivity index (χ4v) is 2.96. The van der Waals surface area contributed by atoms with Gasteiger partial charge in [-0.2, -0.15) is 0 Å². The highest BCUT2D eigenvalue weighted by Gasteiger charge is 2.20. The zero-order chi connectivity index (χ0) is 13.4. The second-order valence-electron chi connectivity index (χ2n) is 5.87. The van der Waals surface area contributed by atoms with Crippen molar-refractivity contribution in [2.24, 2.45) is 0 Å². The van der Waals surface area contributed by atoms with E-state index < -0.39 is 0 Å². The molecule has 1 heterocycles. The molecule has 108 valence electrons. The quantitative estimate of drug-likeness (QED) is 0.717. The van der Waals surface area contributed by atoms with Gasteiger partial charge in [0.2, 0.25) is 0 Å². The van der Waals surface area contributed by atoms with Gasteiger partial charge in [0.05, 0.1) is 0 Å². The zero-order valence-corrected chi connectivity index (χ0v) is 12.9. The maximum absolute atomic E-state index is 3.57. The topological polar surface area (TPSA) is 18.5 Å². The molecule has 0 aromatic rings. The van der Waals surface area contributed by atoms with Gasteiger partial charge < -0.3 is 15.1 Å². The van der Waals surface area contributed by atoms with Crippen molar-refractivity contribution in [1.82, 2.24) is 15.1 Å². The molecule has 2 unspecified atom stereocenters. The van der Waals surface area contributed by atoms with Crippen LogP contribution >= 0.6 is 0 Å². The molecule has 1 saturated heterocycles. The second-order valence-corrected chi connectivity index (χ2v) is 5.87. The van der Waals surface area contributed by atoms with E-state index >= 15 is 0 Å². The monoisotopic (exact) mass is 255 g/mol. The molecule has 1 rings (SSSR count). The van der Waals surface area contributed by atoms with E-state index in [9.17, 15) is 0 Å². The first kappa shape index (κ1) is 15.9. The molecule has 3 heteroatoms. The van der Waals surface area contributed by atoms with Gasteiger partial charge in [-0.3, -0.25) is 0 Å². The van der Waals surface area contributed by atoms with E-state index in [1.165, 1.54) is 51.7 Å². The van der Waals surface area contributed by atoms with Crippen LogP contribution in [0.3, 0.4) is 0 Å². The number of piperidine rings is 1. The van der Waals surface area contributed by atoms with Gasteiger partial charge in [0.1, 0.15) is 0 Å². The van der Waals surface area contributed by atoms with Crippen molar-refractivity contribution < 1.29 is 0 Å². The van der Waals surface area contributed by atoms with E-state index in [2.05, 4.69) is 43.1 Å². The third-order valence-electron chi connectivity index (χ3n) is 4.22. The Morgan fingerprint density at radius 2 is 2.11 bits per heavy atom. The van der Waals surface area contributed by atoms with Crippen LogP contribution in [-0.2, 0) is 0 Å². The molecule has 0 aromatic heterocycles. The highest BCUT2D eigenvalue weighted by molar-refractivity contribution is 4.78. The molecule has 18 heavy (non-hydrogen) atoms. The lowest BCUT2D eigenvalue weighted by molar-refractivity contribution is 0.130. The molecule has 0 aromatic carbocycles. The largest absolute Gasteiger partial charge is 0.314 e. The average molecular weight is 255 g/mol. The van der Waals surface area contributed by atoms with Crippen molar-refractivity contribution in [2.75, 3.05) is 40.3 Å². The van der Waals surface area contributed by atoms with Gasteiger partial charge in [0.15, 0.2) is 0 Å². The first-order valence-corrected chi connectivity index (χ1v) is 7.79. The Labute approximate surface area is 114 Å². The Balaban J connectivity index is 2.18. The van der Waals surface area contributed by atoms with E-state index in [4.69, 9.17) is 0 Å². The van der Waals surface area contributed by atoms with Gasteiger partial charge in [0, 0.05) is 18.6 Å². The van der Waals surface area contributed by atoms with Crippen LogP contribution in [0.2, 0.25) is 0 Å². The Bertz CT molecular complexity index is 206. The number of nitrogens with one attached hydrogen (secondary N) is 1. The van der Waals surface area contributed by atoms with E-state index in [-0.39, 0.29) is 0 Å². The van der Waals surface area contributed by atoms with E-state index in [0.717, 1.165) is 18.6 Å². The van der Waals surface area contributed by atoms with Crippen LogP contribution in [0.1, 0.15) is 46.0 Å². The summed E-state index contributed by atoms with van der Waals surface area (Å²) >= 11 is 0. The lowest BCUT2D eigenvalue weighted by Crippen LogP contribution is -2.45. The fourth-order valence-electron chi connectivity index (χ4n) is 2.96. The van der Waals surface area contributed by atoms with Crippen molar-refractivity contribution >= 4 is 0 Å². The van der Waals surface area contributed by atoms with Crippen LogP contribution < -0.4 is 5.32 Å². The Kier molecular flexibility index (Phi) is 7.87. The normalized spacial score (nSPS) is 23.5. The standard InChI is InChI=1S/C15H33N3/c1-5-14(16-6-2)9-7-11-18-12-8-10-15(13-18)17(3)4/h14-16H,5-13H2,1-4H3. The summed E-state index contributed by atoms with van der Waals surface area (Å²) in [5.74, 6) is 0. The molecular formula is C15H33N3. The lowest BCUT2D eigenvalue weighted by Gasteiger charge is -2.36. The summed E-state index contributed by atoms with van der Waals surface area (Å²) in [4.78, 5) is 5.05. The number of likely N-dealkylation sites (tertiary alicyclic amines) is 1. The minimum absolute atomic E-state index is 0.726. The predicted molar refractivity (Wildman–Crippen MR) is 80.1 cm³/mol. The van der Waals surface area contributed by atoms with Crippen LogP contribution in [0.5, 0.6) is 0 Å². The highest BCUT2D eigenvalue weighted by atomic mass is 15.2. The molecule has 3 nitrogen and oxygen atoms in total. The summed E-state index contributed by atoms with van der Waals surface area (Å²) in [5.41, 5.74) is 0. The van der Waals surface area contributed by atoms with Crippen LogP contribution in [0.4, 0.5) is 0 Å². The van der Waals surface area contributed by atoms with E-state index in [0.29, 0.717) is 0 Å². The molecule has 0 saturated carbocycles. The maximum atomic E-state index is 3.57.